The van der Waals surface area contributed by atoms with Gasteiger partial charge >= 0.3 is 11.5 Å². The summed E-state index contributed by atoms with van der Waals surface area (Å²) in [5.41, 5.74) is -4.42. The van der Waals surface area contributed by atoms with E-state index in [4.69, 9.17) is 5.11 Å². The van der Waals surface area contributed by atoms with Crippen LogP contribution in [-0.4, -0.2) is 34.3 Å². The summed E-state index contributed by atoms with van der Waals surface area (Å²) in [4.78, 5) is 21.8. The SMILES string of the molecule is O=C(CSC(F)(F)F)N[C@@H]1CC[C@H](C(=O)O)C1. The summed E-state index contributed by atoms with van der Waals surface area (Å²) in [6.45, 7) is 0. The molecule has 0 aromatic heterocycles. The third-order valence-electron chi connectivity index (χ3n) is 2.51. The molecule has 0 saturated heterocycles. The number of hydrogen-bond donors (Lipinski definition) is 2. The van der Waals surface area contributed by atoms with Gasteiger partial charge in [0, 0.05) is 6.04 Å². The second kappa shape index (κ2) is 5.61. The van der Waals surface area contributed by atoms with Crippen LogP contribution < -0.4 is 5.32 Å². The summed E-state index contributed by atoms with van der Waals surface area (Å²) in [6, 6.07) is -0.322. The third kappa shape index (κ3) is 5.29. The van der Waals surface area contributed by atoms with Crippen LogP contribution in [0.1, 0.15) is 19.3 Å². The Labute approximate surface area is 99.9 Å². The number of carboxylic acid groups (broad SMARTS) is 1. The number of carboxylic acids is 1. The molecule has 0 spiro atoms. The Hall–Kier alpha value is -0.920. The highest BCUT2D eigenvalue weighted by Crippen LogP contribution is 2.30. The lowest BCUT2D eigenvalue weighted by Crippen LogP contribution is -2.35. The first kappa shape index (κ1) is 14.1. The van der Waals surface area contributed by atoms with Crippen molar-refractivity contribution in [3.8, 4) is 0 Å². The van der Waals surface area contributed by atoms with Gasteiger partial charge in [-0.1, -0.05) is 0 Å². The molecule has 1 rings (SSSR count). The molecule has 1 amide bonds. The fraction of sp³-hybridized carbons (Fsp3) is 0.778. The summed E-state index contributed by atoms with van der Waals surface area (Å²) in [5.74, 6) is -2.82. The lowest BCUT2D eigenvalue weighted by Gasteiger charge is -2.12. The van der Waals surface area contributed by atoms with Gasteiger partial charge in [0.25, 0.3) is 0 Å². The minimum atomic E-state index is -4.42. The standard InChI is InChI=1S/C9H12F3NO3S/c10-9(11,12)17-4-7(14)13-6-2-1-5(3-6)8(15)16/h5-6H,1-4H2,(H,13,14)(H,15,16)/t5-,6+/m0/s1. The molecular weight excluding hydrogens is 259 g/mol. The van der Waals surface area contributed by atoms with Gasteiger partial charge in [-0.25, -0.2) is 0 Å². The number of rotatable bonds is 4. The largest absolute Gasteiger partial charge is 0.481 e. The molecule has 1 fully saturated rings. The first-order valence-corrected chi connectivity index (χ1v) is 5.99. The number of carbonyl (C=O) groups excluding carboxylic acids is 1. The zero-order valence-electron chi connectivity index (χ0n) is 8.79. The number of halogens is 3. The average Bonchev–Trinajstić information content (AvgIpc) is 2.62. The van der Waals surface area contributed by atoms with Crippen molar-refractivity contribution in [1.29, 1.82) is 0 Å². The van der Waals surface area contributed by atoms with E-state index < -0.39 is 40.8 Å². The van der Waals surface area contributed by atoms with E-state index in [2.05, 4.69) is 5.32 Å². The first-order chi connectivity index (χ1) is 7.78. The molecule has 0 aromatic rings. The van der Waals surface area contributed by atoms with Gasteiger partial charge in [0.1, 0.15) is 0 Å². The zero-order chi connectivity index (χ0) is 13.1. The highest BCUT2D eigenvalue weighted by molar-refractivity contribution is 8.00. The topological polar surface area (TPSA) is 66.4 Å². The van der Waals surface area contributed by atoms with Crippen LogP contribution in [0.15, 0.2) is 0 Å². The van der Waals surface area contributed by atoms with Crippen LogP contribution in [0.25, 0.3) is 0 Å². The molecule has 1 aliphatic carbocycles. The van der Waals surface area contributed by atoms with Crippen LogP contribution in [0.4, 0.5) is 13.2 Å². The number of nitrogens with one attached hydrogen (secondary N) is 1. The predicted octanol–water partition coefficient (Wildman–Crippen LogP) is 1.61. The molecule has 1 saturated carbocycles. The third-order valence-corrected chi connectivity index (χ3v) is 3.25. The van der Waals surface area contributed by atoms with E-state index in [1.165, 1.54) is 0 Å². The van der Waals surface area contributed by atoms with Crippen molar-refractivity contribution in [3.05, 3.63) is 0 Å². The van der Waals surface area contributed by atoms with E-state index >= 15 is 0 Å². The van der Waals surface area contributed by atoms with Crippen molar-refractivity contribution in [1.82, 2.24) is 5.32 Å². The number of aliphatic carboxylic acids is 1. The van der Waals surface area contributed by atoms with Crippen LogP contribution in [0.3, 0.4) is 0 Å². The molecule has 98 valence electrons. The lowest BCUT2D eigenvalue weighted by atomic mass is 10.1. The number of thioether (sulfide) groups is 1. The summed E-state index contributed by atoms with van der Waals surface area (Å²) in [5, 5.41) is 11.1. The Morgan fingerprint density at radius 2 is 2.00 bits per heavy atom. The predicted molar refractivity (Wildman–Crippen MR) is 55.4 cm³/mol. The molecule has 4 nitrogen and oxygen atoms in total. The number of hydrogen-bond acceptors (Lipinski definition) is 3. The van der Waals surface area contributed by atoms with Crippen LogP contribution >= 0.6 is 11.8 Å². The Morgan fingerprint density at radius 3 is 2.47 bits per heavy atom. The zero-order valence-corrected chi connectivity index (χ0v) is 9.61. The van der Waals surface area contributed by atoms with Gasteiger partial charge in [0.15, 0.2) is 0 Å². The van der Waals surface area contributed by atoms with Gasteiger partial charge in [0.2, 0.25) is 5.91 Å². The maximum absolute atomic E-state index is 11.8. The quantitative estimate of drug-likeness (QED) is 0.815. The van der Waals surface area contributed by atoms with Gasteiger partial charge < -0.3 is 10.4 Å². The average molecular weight is 271 g/mol. The Balaban J connectivity index is 2.26. The highest BCUT2D eigenvalue weighted by Gasteiger charge is 2.32. The Morgan fingerprint density at radius 1 is 1.35 bits per heavy atom. The lowest BCUT2D eigenvalue weighted by molar-refractivity contribution is -0.141. The molecular formula is C9H12F3NO3S. The maximum atomic E-state index is 11.8. The van der Waals surface area contributed by atoms with Crippen molar-refractivity contribution in [2.24, 2.45) is 5.92 Å². The molecule has 1 aliphatic rings. The van der Waals surface area contributed by atoms with Crippen molar-refractivity contribution >= 4 is 23.6 Å². The van der Waals surface area contributed by atoms with Crippen molar-refractivity contribution < 1.29 is 27.9 Å². The van der Waals surface area contributed by atoms with Gasteiger partial charge in [-0.2, -0.15) is 13.2 Å². The molecule has 0 heterocycles. The monoisotopic (exact) mass is 271 g/mol. The molecule has 0 aliphatic heterocycles. The van der Waals surface area contributed by atoms with Gasteiger partial charge in [-0.3, -0.25) is 9.59 Å². The van der Waals surface area contributed by atoms with Crippen molar-refractivity contribution in [2.75, 3.05) is 5.75 Å². The number of carbonyl (C=O) groups is 2. The summed E-state index contributed by atoms with van der Waals surface area (Å²) in [6.07, 6.45) is 1.24. The van der Waals surface area contributed by atoms with E-state index in [1.54, 1.807) is 0 Å². The molecule has 17 heavy (non-hydrogen) atoms. The molecule has 0 unspecified atom stereocenters. The fourth-order valence-corrected chi connectivity index (χ4v) is 2.13. The molecule has 8 heteroatoms. The van der Waals surface area contributed by atoms with Crippen LogP contribution in [0.2, 0.25) is 0 Å². The summed E-state index contributed by atoms with van der Waals surface area (Å²) in [7, 11) is 0. The number of alkyl halides is 3. The second-order valence-corrected chi connectivity index (χ2v) is 4.89. The molecule has 0 aromatic carbocycles. The van der Waals surface area contributed by atoms with E-state index in [-0.39, 0.29) is 12.5 Å². The van der Waals surface area contributed by atoms with Crippen LogP contribution in [0.5, 0.6) is 0 Å². The molecule has 0 bridgehead atoms. The van der Waals surface area contributed by atoms with Gasteiger partial charge in [-0.05, 0) is 31.0 Å². The van der Waals surface area contributed by atoms with Crippen LogP contribution in [-0.2, 0) is 9.59 Å². The van der Waals surface area contributed by atoms with Gasteiger partial charge in [0.05, 0.1) is 11.7 Å². The molecule has 2 atom stereocenters. The normalized spacial score (nSPS) is 24.6. The Bertz CT molecular complexity index is 308. The smallest absolute Gasteiger partial charge is 0.442 e. The second-order valence-electron chi connectivity index (χ2n) is 3.85. The highest BCUT2D eigenvalue weighted by atomic mass is 32.2. The van der Waals surface area contributed by atoms with E-state index in [0.717, 1.165) is 0 Å². The van der Waals surface area contributed by atoms with E-state index in [9.17, 15) is 22.8 Å². The minimum absolute atomic E-state index is 0.289. The summed E-state index contributed by atoms with van der Waals surface area (Å²) >= 11 is -0.396. The van der Waals surface area contributed by atoms with Crippen LogP contribution in [0, 0.1) is 5.92 Å². The van der Waals surface area contributed by atoms with Crippen molar-refractivity contribution in [3.63, 3.8) is 0 Å². The molecule has 2 N–H and O–H groups in total. The summed E-state index contributed by atoms with van der Waals surface area (Å²) < 4.78 is 35.4. The van der Waals surface area contributed by atoms with E-state index in [0.29, 0.717) is 12.8 Å². The van der Waals surface area contributed by atoms with Crippen molar-refractivity contribution in [2.45, 2.75) is 30.8 Å². The minimum Gasteiger partial charge on any atom is -0.481 e. The molecule has 0 radical (unpaired) electrons. The Kier molecular flexibility index (Phi) is 4.67. The van der Waals surface area contributed by atoms with Gasteiger partial charge in [-0.15, -0.1) is 0 Å². The van der Waals surface area contributed by atoms with E-state index in [1.807, 2.05) is 0 Å². The maximum Gasteiger partial charge on any atom is 0.442 e. The first-order valence-electron chi connectivity index (χ1n) is 5.01. The fourth-order valence-electron chi connectivity index (χ4n) is 1.75. The number of amides is 1.